The number of carbonyl (C=O) groups excluding carboxylic acids is 1. The lowest BCUT2D eigenvalue weighted by atomic mass is 10.0. The van der Waals surface area contributed by atoms with Crippen molar-refractivity contribution in [1.82, 2.24) is 19.7 Å². The van der Waals surface area contributed by atoms with Gasteiger partial charge in [-0.05, 0) is 39.7 Å². The highest BCUT2D eigenvalue weighted by molar-refractivity contribution is 7.13. The highest BCUT2D eigenvalue weighted by atomic mass is 32.1. The molecular weight excluding hydrogens is 346 g/mol. The molecular formula is C19H25N5OS. The van der Waals surface area contributed by atoms with Crippen molar-refractivity contribution in [2.75, 3.05) is 11.9 Å². The minimum atomic E-state index is -0.226. The minimum Gasteiger partial charge on any atom is -0.287 e. The smallest absolute Gasteiger partial charge is 0.260 e. The summed E-state index contributed by atoms with van der Waals surface area (Å²) in [4.78, 5) is 24.0. The molecule has 0 atom stereocenters. The van der Waals surface area contributed by atoms with E-state index in [0.717, 1.165) is 22.4 Å². The van der Waals surface area contributed by atoms with Gasteiger partial charge >= 0.3 is 0 Å². The Balaban J connectivity index is 2.27. The van der Waals surface area contributed by atoms with Gasteiger partial charge in [-0.25, -0.2) is 14.6 Å². The van der Waals surface area contributed by atoms with E-state index in [0.29, 0.717) is 10.7 Å². The number of thiazole rings is 1. The molecule has 7 heteroatoms. The molecule has 3 rings (SSSR count). The SMILES string of the molecule is Cc1nn(C(C)(C)C)c2nc(C(C)C)cc(C(=O)N(C)c3nccs3)c12. The monoisotopic (exact) mass is 371 g/mol. The Kier molecular flexibility index (Phi) is 4.60. The Labute approximate surface area is 157 Å². The molecule has 0 aliphatic carbocycles. The standard InChI is InChI=1S/C19H25N5OS/c1-11(2)14-10-13(17(25)23(7)18-20-8-9-26-18)15-12(3)22-24(16(15)21-14)19(4,5)6/h8-11H,1-7H3. The molecule has 0 saturated heterocycles. The second-order valence-corrected chi connectivity index (χ2v) is 8.67. The first-order chi connectivity index (χ1) is 12.1. The van der Waals surface area contributed by atoms with Crippen LogP contribution in [0.3, 0.4) is 0 Å². The maximum Gasteiger partial charge on any atom is 0.260 e. The first-order valence-electron chi connectivity index (χ1n) is 8.69. The van der Waals surface area contributed by atoms with Crippen molar-refractivity contribution in [1.29, 1.82) is 0 Å². The number of amides is 1. The number of anilines is 1. The van der Waals surface area contributed by atoms with Crippen molar-refractivity contribution in [3.8, 4) is 0 Å². The van der Waals surface area contributed by atoms with Crippen LogP contribution in [0, 0.1) is 6.92 Å². The van der Waals surface area contributed by atoms with Crippen LogP contribution in [0.15, 0.2) is 17.6 Å². The van der Waals surface area contributed by atoms with Crippen LogP contribution in [0.25, 0.3) is 11.0 Å². The fraction of sp³-hybridized carbons (Fsp3) is 0.474. The van der Waals surface area contributed by atoms with Gasteiger partial charge in [-0.1, -0.05) is 13.8 Å². The van der Waals surface area contributed by atoms with Crippen molar-refractivity contribution in [2.45, 2.75) is 53.0 Å². The van der Waals surface area contributed by atoms with Crippen molar-refractivity contribution >= 4 is 33.4 Å². The van der Waals surface area contributed by atoms with Crippen molar-refractivity contribution in [3.05, 3.63) is 34.6 Å². The number of fused-ring (bicyclic) bond motifs is 1. The van der Waals surface area contributed by atoms with Crippen LogP contribution in [-0.4, -0.2) is 32.7 Å². The van der Waals surface area contributed by atoms with E-state index < -0.39 is 0 Å². The maximum absolute atomic E-state index is 13.3. The molecule has 0 saturated carbocycles. The Bertz CT molecular complexity index is 951. The predicted molar refractivity (Wildman–Crippen MR) is 106 cm³/mol. The van der Waals surface area contributed by atoms with Crippen LogP contribution in [0.1, 0.15) is 62.3 Å². The van der Waals surface area contributed by atoms with Crippen LogP contribution < -0.4 is 4.90 Å². The fourth-order valence-corrected chi connectivity index (χ4v) is 3.50. The van der Waals surface area contributed by atoms with Gasteiger partial charge in [0.15, 0.2) is 10.8 Å². The molecule has 0 N–H and O–H groups in total. The van der Waals surface area contributed by atoms with Crippen LogP contribution in [-0.2, 0) is 5.54 Å². The van der Waals surface area contributed by atoms with Crippen molar-refractivity contribution in [2.24, 2.45) is 0 Å². The Morgan fingerprint density at radius 3 is 2.54 bits per heavy atom. The number of hydrogen-bond donors (Lipinski definition) is 0. The van der Waals surface area contributed by atoms with Crippen LogP contribution >= 0.6 is 11.3 Å². The molecule has 1 amide bonds. The van der Waals surface area contributed by atoms with Gasteiger partial charge in [0, 0.05) is 24.3 Å². The zero-order valence-electron chi connectivity index (χ0n) is 16.4. The Hall–Kier alpha value is -2.28. The topological polar surface area (TPSA) is 63.9 Å². The van der Waals surface area contributed by atoms with Gasteiger partial charge in [0.2, 0.25) is 0 Å². The molecule has 0 aliphatic rings. The van der Waals surface area contributed by atoms with E-state index in [4.69, 9.17) is 10.1 Å². The third kappa shape index (κ3) is 3.11. The number of nitrogens with zero attached hydrogens (tertiary/aromatic N) is 5. The average Bonchev–Trinajstić information content (AvgIpc) is 3.20. The molecule has 0 aliphatic heterocycles. The van der Waals surface area contributed by atoms with Gasteiger partial charge in [-0.2, -0.15) is 5.10 Å². The molecule has 0 spiro atoms. The molecule has 0 aromatic carbocycles. The van der Waals surface area contributed by atoms with E-state index in [1.807, 2.05) is 23.1 Å². The quantitative estimate of drug-likeness (QED) is 0.686. The van der Waals surface area contributed by atoms with Gasteiger partial charge < -0.3 is 0 Å². The molecule has 3 aromatic rings. The lowest BCUT2D eigenvalue weighted by molar-refractivity contribution is 0.0994. The van der Waals surface area contributed by atoms with Gasteiger partial charge in [-0.15, -0.1) is 11.3 Å². The minimum absolute atomic E-state index is 0.0918. The first kappa shape index (κ1) is 18.5. The molecule has 0 bridgehead atoms. The Morgan fingerprint density at radius 2 is 2.00 bits per heavy atom. The number of hydrogen-bond acceptors (Lipinski definition) is 5. The summed E-state index contributed by atoms with van der Waals surface area (Å²) in [6, 6.07) is 1.90. The first-order valence-corrected chi connectivity index (χ1v) is 9.57. The summed E-state index contributed by atoms with van der Waals surface area (Å²) in [6.45, 7) is 12.4. The average molecular weight is 372 g/mol. The van der Waals surface area contributed by atoms with Gasteiger partial charge in [-0.3, -0.25) is 9.69 Å². The summed E-state index contributed by atoms with van der Waals surface area (Å²) in [5.41, 5.74) is 2.87. The van der Waals surface area contributed by atoms with Gasteiger partial charge in [0.05, 0.1) is 22.2 Å². The largest absolute Gasteiger partial charge is 0.287 e. The van der Waals surface area contributed by atoms with Crippen molar-refractivity contribution in [3.63, 3.8) is 0 Å². The molecule has 6 nitrogen and oxygen atoms in total. The molecule has 0 radical (unpaired) electrons. The number of carbonyl (C=O) groups is 1. The third-order valence-electron chi connectivity index (χ3n) is 4.30. The molecule has 0 fully saturated rings. The van der Waals surface area contributed by atoms with Gasteiger partial charge in [0.25, 0.3) is 5.91 Å². The normalized spacial score (nSPS) is 12.2. The van der Waals surface area contributed by atoms with E-state index in [9.17, 15) is 4.79 Å². The van der Waals surface area contributed by atoms with E-state index in [2.05, 4.69) is 39.6 Å². The lowest BCUT2D eigenvalue weighted by Gasteiger charge is -2.21. The number of aryl methyl sites for hydroxylation is 1. The zero-order chi connectivity index (χ0) is 19.2. The summed E-state index contributed by atoms with van der Waals surface area (Å²) in [5.74, 6) is 0.116. The number of rotatable bonds is 3. The lowest BCUT2D eigenvalue weighted by Crippen LogP contribution is -2.27. The number of aromatic nitrogens is 4. The van der Waals surface area contributed by atoms with Gasteiger partial charge in [0.1, 0.15) is 0 Å². The maximum atomic E-state index is 13.3. The molecule has 3 heterocycles. The van der Waals surface area contributed by atoms with E-state index in [-0.39, 0.29) is 17.4 Å². The van der Waals surface area contributed by atoms with E-state index >= 15 is 0 Å². The van der Waals surface area contributed by atoms with E-state index in [1.165, 1.54) is 11.3 Å². The fourth-order valence-electron chi connectivity index (χ4n) is 2.89. The van der Waals surface area contributed by atoms with E-state index in [1.54, 1.807) is 18.1 Å². The molecule has 26 heavy (non-hydrogen) atoms. The molecule has 0 unspecified atom stereocenters. The zero-order valence-corrected chi connectivity index (χ0v) is 17.2. The highest BCUT2D eigenvalue weighted by Gasteiger charge is 2.27. The number of pyridine rings is 1. The van der Waals surface area contributed by atoms with Crippen LogP contribution in [0.5, 0.6) is 0 Å². The summed E-state index contributed by atoms with van der Waals surface area (Å²) in [6.07, 6.45) is 1.70. The summed E-state index contributed by atoms with van der Waals surface area (Å²) in [5, 5.41) is 8.05. The van der Waals surface area contributed by atoms with Crippen LogP contribution in [0.2, 0.25) is 0 Å². The van der Waals surface area contributed by atoms with Crippen LogP contribution in [0.4, 0.5) is 5.13 Å². The Morgan fingerprint density at radius 1 is 1.31 bits per heavy atom. The molecule has 138 valence electrons. The summed E-state index contributed by atoms with van der Waals surface area (Å²) < 4.78 is 1.92. The second kappa shape index (κ2) is 6.46. The second-order valence-electron chi connectivity index (χ2n) is 7.79. The highest BCUT2D eigenvalue weighted by Crippen LogP contribution is 2.30. The van der Waals surface area contributed by atoms with Crippen molar-refractivity contribution < 1.29 is 4.79 Å². The molecule has 3 aromatic heterocycles. The third-order valence-corrected chi connectivity index (χ3v) is 5.15. The summed E-state index contributed by atoms with van der Waals surface area (Å²) in [7, 11) is 1.76. The summed E-state index contributed by atoms with van der Waals surface area (Å²) >= 11 is 1.44. The predicted octanol–water partition coefficient (Wildman–Crippen LogP) is 4.35.